The van der Waals surface area contributed by atoms with Crippen LogP contribution in [0.1, 0.15) is 5.56 Å². The van der Waals surface area contributed by atoms with E-state index in [9.17, 15) is 22.8 Å². The number of amides is 3. The van der Waals surface area contributed by atoms with E-state index >= 15 is 0 Å². The third kappa shape index (κ3) is 3.44. The van der Waals surface area contributed by atoms with E-state index in [-0.39, 0.29) is 11.3 Å². The first-order valence-electron chi connectivity index (χ1n) is 5.99. The first-order valence-corrected chi connectivity index (χ1v) is 7.43. The van der Waals surface area contributed by atoms with Gasteiger partial charge < -0.3 is 5.73 Å². The predicted octanol–water partition coefficient (Wildman–Crippen LogP) is -1.64. The van der Waals surface area contributed by atoms with Crippen LogP contribution in [-0.4, -0.2) is 43.5 Å². The molecule has 1 fully saturated rings. The highest BCUT2D eigenvalue weighted by Crippen LogP contribution is 2.17. The quantitative estimate of drug-likeness (QED) is 0.645. The van der Waals surface area contributed by atoms with Gasteiger partial charge in [0.15, 0.2) is 0 Å². The van der Waals surface area contributed by atoms with Crippen molar-refractivity contribution in [2.75, 3.05) is 13.1 Å². The van der Waals surface area contributed by atoms with E-state index in [1.165, 1.54) is 24.3 Å². The fourth-order valence-electron chi connectivity index (χ4n) is 1.91. The van der Waals surface area contributed by atoms with E-state index in [0.29, 0.717) is 5.56 Å². The standard InChI is InChI=1S/C12H13N3O5S/c13-10(16)5-8-1-3-9(4-2-8)21(19,20)15-6-11(17)14-12(18)7-15/h1-4H,5-7H2,(H2,13,16)(H,14,17,18). The zero-order valence-corrected chi connectivity index (χ0v) is 11.7. The molecule has 9 heteroatoms. The van der Waals surface area contributed by atoms with Crippen molar-refractivity contribution < 1.29 is 22.8 Å². The average Bonchev–Trinajstić information content (AvgIpc) is 2.37. The predicted molar refractivity (Wildman–Crippen MR) is 71.2 cm³/mol. The lowest BCUT2D eigenvalue weighted by Crippen LogP contribution is -2.53. The van der Waals surface area contributed by atoms with Gasteiger partial charge in [0.1, 0.15) is 0 Å². The molecule has 3 amide bonds. The zero-order chi connectivity index (χ0) is 15.6. The second kappa shape index (κ2) is 5.62. The molecule has 0 aromatic heterocycles. The van der Waals surface area contributed by atoms with Crippen LogP contribution in [0.4, 0.5) is 0 Å². The number of sulfonamides is 1. The molecule has 0 unspecified atom stereocenters. The van der Waals surface area contributed by atoms with Crippen molar-refractivity contribution in [1.29, 1.82) is 0 Å². The van der Waals surface area contributed by atoms with Crippen molar-refractivity contribution in [3.63, 3.8) is 0 Å². The van der Waals surface area contributed by atoms with E-state index in [1.807, 2.05) is 5.32 Å². The number of primary amides is 1. The van der Waals surface area contributed by atoms with Crippen LogP contribution in [0.25, 0.3) is 0 Å². The van der Waals surface area contributed by atoms with Gasteiger partial charge in [-0.3, -0.25) is 19.7 Å². The summed E-state index contributed by atoms with van der Waals surface area (Å²) >= 11 is 0. The molecule has 0 radical (unpaired) electrons. The number of imide groups is 1. The summed E-state index contributed by atoms with van der Waals surface area (Å²) in [5, 5.41) is 2.03. The molecular formula is C12H13N3O5S. The molecule has 0 atom stereocenters. The van der Waals surface area contributed by atoms with Crippen molar-refractivity contribution in [3.8, 4) is 0 Å². The van der Waals surface area contributed by atoms with Gasteiger partial charge in [0.25, 0.3) is 0 Å². The Morgan fingerprint density at radius 3 is 2.14 bits per heavy atom. The molecule has 1 aliphatic rings. The lowest BCUT2D eigenvalue weighted by Gasteiger charge is -2.24. The molecule has 8 nitrogen and oxygen atoms in total. The van der Waals surface area contributed by atoms with Crippen molar-refractivity contribution in [3.05, 3.63) is 29.8 Å². The Labute approximate surface area is 121 Å². The molecule has 1 aliphatic heterocycles. The maximum Gasteiger partial charge on any atom is 0.244 e. The Balaban J connectivity index is 2.25. The molecule has 1 aromatic rings. The van der Waals surface area contributed by atoms with Gasteiger partial charge in [-0.05, 0) is 17.7 Å². The molecule has 1 heterocycles. The zero-order valence-electron chi connectivity index (χ0n) is 10.9. The normalized spacial score (nSPS) is 16.6. The molecular weight excluding hydrogens is 298 g/mol. The molecule has 3 N–H and O–H groups in total. The SMILES string of the molecule is NC(=O)Cc1ccc(S(=O)(=O)N2CC(=O)NC(=O)C2)cc1. The minimum absolute atomic E-state index is 0.00489. The topological polar surface area (TPSA) is 127 Å². The van der Waals surface area contributed by atoms with E-state index in [0.717, 1.165) is 4.31 Å². The molecule has 1 aromatic carbocycles. The first kappa shape index (κ1) is 15.1. The Hall–Kier alpha value is -2.26. The highest BCUT2D eigenvalue weighted by molar-refractivity contribution is 7.89. The second-order valence-electron chi connectivity index (χ2n) is 4.53. The minimum atomic E-state index is -3.94. The Morgan fingerprint density at radius 2 is 1.67 bits per heavy atom. The van der Waals surface area contributed by atoms with Gasteiger partial charge in [0.05, 0.1) is 24.4 Å². The molecule has 0 saturated carbocycles. The van der Waals surface area contributed by atoms with Gasteiger partial charge in [0.2, 0.25) is 27.7 Å². The van der Waals surface area contributed by atoms with Crippen molar-refractivity contribution in [2.24, 2.45) is 5.73 Å². The van der Waals surface area contributed by atoms with E-state index in [4.69, 9.17) is 5.73 Å². The van der Waals surface area contributed by atoms with Crippen LogP contribution in [0.3, 0.4) is 0 Å². The van der Waals surface area contributed by atoms with Gasteiger partial charge in [-0.15, -0.1) is 0 Å². The van der Waals surface area contributed by atoms with Crippen molar-refractivity contribution >= 4 is 27.7 Å². The van der Waals surface area contributed by atoms with Crippen LogP contribution in [0.2, 0.25) is 0 Å². The van der Waals surface area contributed by atoms with Gasteiger partial charge in [0, 0.05) is 0 Å². The second-order valence-corrected chi connectivity index (χ2v) is 6.47. The monoisotopic (exact) mass is 311 g/mol. The number of nitrogens with zero attached hydrogens (tertiary/aromatic N) is 1. The summed E-state index contributed by atoms with van der Waals surface area (Å²) in [5.41, 5.74) is 5.63. The summed E-state index contributed by atoms with van der Waals surface area (Å²) in [6.45, 7) is -0.811. The Morgan fingerprint density at radius 1 is 1.14 bits per heavy atom. The highest BCUT2D eigenvalue weighted by Gasteiger charge is 2.32. The third-order valence-electron chi connectivity index (χ3n) is 2.86. The molecule has 0 spiro atoms. The number of hydrogen-bond acceptors (Lipinski definition) is 5. The molecule has 0 aliphatic carbocycles. The number of nitrogens with one attached hydrogen (secondary N) is 1. The molecule has 2 rings (SSSR count). The fraction of sp³-hybridized carbons (Fsp3) is 0.250. The highest BCUT2D eigenvalue weighted by atomic mass is 32.2. The van der Waals surface area contributed by atoms with Crippen molar-refractivity contribution in [2.45, 2.75) is 11.3 Å². The Bertz CT molecular complexity index is 680. The largest absolute Gasteiger partial charge is 0.369 e. The molecule has 0 bridgehead atoms. The van der Waals surface area contributed by atoms with Crippen LogP contribution in [0.15, 0.2) is 29.2 Å². The number of nitrogens with two attached hydrogens (primary N) is 1. The van der Waals surface area contributed by atoms with Crippen LogP contribution >= 0.6 is 0 Å². The van der Waals surface area contributed by atoms with Crippen LogP contribution in [0, 0.1) is 0 Å². The maximum atomic E-state index is 12.3. The number of piperazine rings is 1. The summed E-state index contributed by atoms with van der Waals surface area (Å²) < 4.78 is 25.4. The maximum absolute atomic E-state index is 12.3. The summed E-state index contributed by atoms with van der Waals surface area (Å²) in [5.74, 6) is -1.86. The van der Waals surface area contributed by atoms with Crippen molar-refractivity contribution in [1.82, 2.24) is 9.62 Å². The first-order chi connectivity index (χ1) is 9.79. The summed E-state index contributed by atoms with van der Waals surface area (Å²) in [4.78, 5) is 33.2. The molecule has 1 saturated heterocycles. The number of carbonyl (C=O) groups is 3. The van der Waals surface area contributed by atoms with E-state index < -0.39 is 40.8 Å². The Kier molecular flexibility index (Phi) is 4.05. The van der Waals surface area contributed by atoms with Crippen LogP contribution in [-0.2, 0) is 30.8 Å². The fourth-order valence-corrected chi connectivity index (χ4v) is 3.26. The van der Waals surface area contributed by atoms with Gasteiger partial charge >= 0.3 is 0 Å². The number of rotatable bonds is 4. The van der Waals surface area contributed by atoms with E-state index in [1.54, 1.807) is 0 Å². The van der Waals surface area contributed by atoms with Gasteiger partial charge in [-0.1, -0.05) is 12.1 Å². The van der Waals surface area contributed by atoms with Crippen LogP contribution in [0.5, 0.6) is 0 Å². The van der Waals surface area contributed by atoms with Gasteiger partial charge in [-0.25, -0.2) is 8.42 Å². The van der Waals surface area contributed by atoms with Crippen LogP contribution < -0.4 is 11.1 Å². The van der Waals surface area contributed by atoms with E-state index in [2.05, 4.69) is 0 Å². The molecule has 21 heavy (non-hydrogen) atoms. The summed E-state index contributed by atoms with van der Waals surface area (Å²) in [6, 6.07) is 5.54. The minimum Gasteiger partial charge on any atom is -0.369 e. The lowest BCUT2D eigenvalue weighted by atomic mass is 10.1. The lowest BCUT2D eigenvalue weighted by molar-refractivity contribution is -0.134. The number of carbonyl (C=O) groups excluding carboxylic acids is 3. The summed E-state index contributed by atoms with van der Waals surface area (Å²) in [7, 11) is -3.94. The molecule has 112 valence electrons. The average molecular weight is 311 g/mol. The third-order valence-corrected chi connectivity index (χ3v) is 4.66. The van der Waals surface area contributed by atoms with Gasteiger partial charge in [-0.2, -0.15) is 4.31 Å². The number of hydrogen-bond donors (Lipinski definition) is 2. The number of benzene rings is 1. The summed E-state index contributed by atoms with van der Waals surface area (Å²) in [6.07, 6.45) is 0.00489. The smallest absolute Gasteiger partial charge is 0.244 e.